The molecule has 2 heteroatoms. The van der Waals surface area contributed by atoms with E-state index in [1.807, 2.05) is 41.5 Å². The van der Waals surface area contributed by atoms with Gasteiger partial charge in [0.05, 0.1) is 0 Å². The summed E-state index contributed by atoms with van der Waals surface area (Å²) in [6, 6.07) is 0. The number of amides is 1. The third-order valence-electron chi connectivity index (χ3n) is 1.99. The molecule has 0 aromatic heterocycles. The topological polar surface area (TPSA) is 29.1 Å². The van der Waals surface area contributed by atoms with Crippen LogP contribution in [0.25, 0.3) is 0 Å². The molecule has 1 aliphatic heterocycles. The van der Waals surface area contributed by atoms with E-state index in [1.54, 1.807) is 0 Å². The summed E-state index contributed by atoms with van der Waals surface area (Å²) in [5.74, 6) is 0.106. The number of rotatable bonds is 0. The van der Waals surface area contributed by atoms with Crippen LogP contribution in [-0.4, -0.2) is 12.5 Å². The van der Waals surface area contributed by atoms with Gasteiger partial charge in [-0.05, 0) is 26.7 Å². The van der Waals surface area contributed by atoms with Crippen molar-refractivity contribution in [2.24, 2.45) is 0 Å². The highest BCUT2D eigenvalue weighted by atomic mass is 16.1. The van der Waals surface area contributed by atoms with Crippen LogP contribution in [0.5, 0.6) is 0 Å². The van der Waals surface area contributed by atoms with Gasteiger partial charge in [-0.1, -0.05) is 33.3 Å². The SMILES string of the molecule is CC.CC.CC1=C(C)C(=O)NCCC1. The van der Waals surface area contributed by atoms with Gasteiger partial charge in [-0.15, -0.1) is 0 Å². The van der Waals surface area contributed by atoms with Crippen LogP contribution in [0.3, 0.4) is 0 Å². The molecule has 1 aliphatic rings. The highest BCUT2D eigenvalue weighted by Crippen LogP contribution is 2.12. The number of carbonyl (C=O) groups excluding carboxylic acids is 1. The van der Waals surface area contributed by atoms with E-state index in [9.17, 15) is 4.79 Å². The maximum atomic E-state index is 11.1. The molecule has 0 aromatic carbocycles. The minimum Gasteiger partial charge on any atom is -0.352 e. The van der Waals surface area contributed by atoms with Crippen LogP contribution in [0.1, 0.15) is 54.4 Å². The molecule has 0 bridgehead atoms. The Labute approximate surface area is 88.8 Å². The molecule has 1 N–H and O–H groups in total. The van der Waals surface area contributed by atoms with Gasteiger partial charge in [0.2, 0.25) is 5.91 Å². The number of hydrogen-bond donors (Lipinski definition) is 1. The molecule has 1 amide bonds. The van der Waals surface area contributed by atoms with Crippen LogP contribution >= 0.6 is 0 Å². The lowest BCUT2D eigenvalue weighted by Crippen LogP contribution is -2.23. The van der Waals surface area contributed by atoms with Crippen molar-refractivity contribution in [3.8, 4) is 0 Å². The highest BCUT2D eigenvalue weighted by molar-refractivity contribution is 5.93. The lowest BCUT2D eigenvalue weighted by molar-refractivity contribution is -0.117. The minimum absolute atomic E-state index is 0.106. The Morgan fingerprint density at radius 2 is 1.57 bits per heavy atom. The second-order valence-electron chi connectivity index (χ2n) is 2.76. The van der Waals surface area contributed by atoms with E-state index in [4.69, 9.17) is 0 Å². The van der Waals surface area contributed by atoms with Gasteiger partial charge in [-0.25, -0.2) is 0 Å². The molecule has 2 nitrogen and oxygen atoms in total. The standard InChI is InChI=1S/C8H13NO.2C2H6/c1-6-4-3-5-9-8(10)7(6)2;2*1-2/h3-5H2,1-2H3,(H,9,10);2*1-2H3. The van der Waals surface area contributed by atoms with Crippen LogP contribution in [0.2, 0.25) is 0 Å². The first kappa shape index (κ1) is 15.7. The summed E-state index contributed by atoms with van der Waals surface area (Å²) < 4.78 is 0. The molecule has 84 valence electrons. The summed E-state index contributed by atoms with van der Waals surface area (Å²) in [6.07, 6.45) is 2.14. The molecule has 0 atom stereocenters. The quantitative estimate of drug-likeness (QED) is 0.637. The Bertz CT molecular complexity index is 183. The summed E-state index contributed by atoms with van der Waals surface area (Å²) in [5, 5.41) is 2.83. The molecule has 0 fully saturated rings. The van der Waals surface area contributed by atoms with E-state index in [-0.39, 0.29) is 5.91 Å². The van der Waals surface area contributed by atoms with Gasteiger partial charge >= 0.3 is 0 Å². The van der Waals surface area contributed by atoms with Gasteiger partial charge in [0.25, 0.3) is 0 Å². The maximum Gasteiger partial charge on any atom is 0.246 e. The van der Waals surface area contributed by atoms with E-state index in [1.165, 1.54) is 5.57 Å². The summed E-state index contributed by atoms with van der Waals surface area (Å²) >= 11 is 0. The molecule has 0 unspecified atom stereocenters. The van der Waals surface area contributed by atoms with Gasteiger partial charge in [-0.3, -0.25) is 4.79 Å². The van der Waals surface area contributed by atoms with Gasteiger partial charge in [0.1, 0.15) is 0 Å². The van der Waals surface area contributed by atoms with Crippen LogP contribution < -0.4 is 5.32 Å². The van der Waals surface area contributed by atoms with Crippen LogP contribution in [0.15, 0.2) is 11.1 Å². The van der Waals surface area contributed by atoms with Crippen LogP contribution in [-0.2, 0) is 4.79 Å². The molecular weight excluding hydrogens is 174 g/mol. The first-order valence-corrected chi connectivity index (χ1v) is 5.66. The highest BCUT2D eigenvalue weighted by Gasteiger charge is 2.10. The average molecular weight is 199 g/mol. The summed E-state index contributed by atoms with van der Waals surface area (Å²) in [7, 11) is 0. The third-order valence-corrected chi connectivity index (χ3v) is 1.99. The van der Waals surface area contributed by atoms with E-state index in [2.05, 4.69) is 5.32 Å². The molecule has 0 saturated carbocycles. The van der Waals surface area contributed by atoms with Crippen molar-refractivity contribution in [1.82, 2.24) is 5.32 Å². The number of nitrogens with one attached hydrogen (secondary N) is 1. The van der Waals surface area contributed by atoms with E-state index in [0.717, 1.165) is 25.0 Å². The van der Waals surface area contributed by atoms with Crippen molar-refractivity contribution in [2.45, 2.75) is 54.4 Å². The predicted molar refractivity (Wildman–Crippen MR) is 63.3 cm³/mol. The number of allylic oxidation sites excluding steroid dienone is 1. The molecule has 0 radical (unpaired) electrons. The first-order valence-electron chi connectivity index (χ1n) is 5.66. The van der Waals surface area contributed by atoms with Crippen molar-refractivity contribution in [2.75, 3.05) is 6.54 Å². The van der Waals surface area contributed by atoms with Gasteiger partial charge in [0.15, 0.2) is 0 Å². The Morgan fingerprint density at radius 3 is 2.07 bits per heavy atom. The fourth-order valence-electron chi connectivity index (χ4n) is 1.07. The molecule has 1 heterocycles. The van der Waals surface area contributed by atoms with Crippen molar-refractivity contribution >= 4 is 5.91 Å². The van der Waals surface area contributed by atoms with Crippen LogP contribution in [0.4, 0.5) is 0 Å². The average Bonchev–Trinajstić information content (AvgIpc) is 2.40. The third kappa shape index (κ3) is 5.79. The van der Waals surface area contributed by atoms with Crippen molar-refractivity contribution in [1.29, 1.82) is 0 Å². The fraction of sp³-hybridized carbons (Fsp3) is 0.750. The molecule has 1 rings (SSSR count). The predicted octanol–water partition coefficient (Wildman–Crippen LogP) is 3.29. The zero-order chi connectivity index (χ0) is 11.6. The summed E-state index contributed by atoms with van der Waals surface area (Å²) in [5.41, 5.74) is 2.13. The molecular formula is C12H25NO. The molecule has 0 aliphatic carbocycles. The smallest absolute Gasteiger partial charge is 0.246 e. The molecule has 0 spiro atoms. The maximum absolute atomic E-state index is 11.1. The lowest BCUT2D eigenvalue weighted by Gasteiger charge is -1.99. The van der Waals surface area contributed by atoms with Crippen molar-refractivity contribution in [3.05, 3.63) is 11.1 Å². The minimum atomic E-state index is 0.106. The van der Waals surface area contributed by atoms with Gasteiger partial charge in [0, 0.05) is 12.1 Å². The Morgan fingerprint density at radius 1 is 1.07 bits per heavy atom. The number of carbonyl (C=O) groups is 1. The fourth-order valence-corrected chi connectivity index (χ4v) is 1.07. The molecule has 14 heavy (non-hydrogen) atoms. The van der Waals surface area contributed by atoms with Crippen molar-refractivity contribution in [3.63, 3.8) is 0 Å². The van der Waals surface area contributed by atoms with Crippen LogP contribution in [0, 0.1) is 0 Å². The van der Waals surface area contributed by atoms with E-state index >= 15 is 0 Å². The first-order chi connectivity index (χ1) is 6.72. The second kappa shape index (κ2) is 10.3. The largest absolute Gasteiger partial charge is 0.352 e. The zero-order valence-electron chi connectivity index (χ0n) is 10.5. The molecule has 0 aromatic rings. The van der Waals surface area contributed by atoms with E-state index in [0.29, 0.717) is 0 Å². The van der Waals surface area contributed by atoms with E-state index < -0.39 is 0 Å². The summed E-state index contributed by atoms with van der Waals surface area (Å²) in [6.45, 7) is 12.7. The lowest BCUT2D eigenvalue weighted by atomic mass is 10.1. The van der Waals surface area contributed by atoms with Crippen molar-refractivity contribution < 1.29 is 4.79 Å². The normalized spacial score (nSPS) is 15.4. The van der Waals surface area contributed by atoms with Gasteiger partial charge in [-0.2, -0.15) is 0 Å². The second-order valence-corrected chi connectivity index (χ2v) is 2.76. The molecule has 0 saturated heterocycles. The Hall–Kier alpha value is -0.790. The number of hydrogen-bond acceptors (Lipinski definition) is 1. The summed E-state index contributed by atoms with van der Waals surface area (Å²) in [4.78, 5) is 11.1. The monoisotopic (exact) mass is 199 g/mol. The zero-order valence-corrected chi connectivity index (χ0v) is 10.5. The van der Waals surface area contributed by atoms with Gasteiger partial charge < -0.3 is 5.32 Å². The Kier molecular flexibility index (Phi) is 11.5. The Balaban J connectivity index is 0.